The molecule has 0 radical (unpaired) electrons. The Labute approximate surface area is 160 Å². The zero-order valence-electron chi connectivity index (χ0n) is 17.0. The van der Waals surface area contributed by atoms with Crippen LogP contribution in [0, 0.1) is 11.3 Å². The molecule has 2 aliphatic heterocycles. The second kappa shape index (κ2) is 5.40. The highest BCUT2D eigenvalue weighted by molar-refractivity contribution is 5.90. The molecule has 2 N–H and O–H groups in total. The molecule has 5 heteroatoms. The van der Waals surface area contributed by atoms with Crippen molar-refractivity contribution in [3.63, 3.8) is 0 Å². The van der Waals surface area contributed by atoms with Gasteiger partial charge >= 0.3 is 5.97 Å². The van der Waals surface area contributed by atoms with Crippen molar-refractivity contribution in [3.05, 3.63) is 22.8 Å². The number of hydrogen-bond donors (Lipinski definition) is 2. The van der Waals surface area contributed by atoms with Crippen molar-refractivity contribution < 1.29 is 24.5 Å². The molecule has 1 spiro atoms. The van der Waals surface area contributed by atoms with E-state index in [1.165, 1.54) is 0 Å². The molecule has 1 aromatic rings. The number of aromatic hydroxyl groups is 2. The second-order valence-electron chi connectivity index (χ2n) is 9.70. The number of carbonyl (C=O) groups is 1. The number of benzene rings is 1. The number of carbonyl (C=O) groups excluding carboxylic acids is 1. The number of fused-ring (bicyclic) bond motifs is 1. The molecule has 5 nitrogen and oxygen atoms in total. The van der Waals surface area contributed by atoms with E-state index < -0.39 is 17.1 Å². The van der Waals surface area contributed by atoms with Crippen LogP contribution in [0.4, 0.5) is 0 Å². The summed E-state index contributed by atoms with van der Waals surface area (Å²) in [6.45, 7) is 10.3. The van der Waals surface area contributed by atoms with Gasteiger partial charge in [-0.2, -0.15) is 0 Å². The molecule has 1 saturated heterocycles. The third-order valence-corrected chi connectivity index (χ3v) is 7.47. The van der Waals surface area contributed by atoms with E-state index in [9.17, 15) is 15.0 Å². The summed E-state index contributed by atoms with van der Waals surface area (Å²) in [7, 11) is 1.68. The number of methoxy groups -OCH3 is 1. The van der Waals surface area contributed by atoms with E-state index in [4.69, 9.17) is 9.47 Å². The van der Waals surface area contributed by atoms with Crippen molar-refractivity contribution in [2.24, 2.45) is 11.3 Å². The van der Waals surface area contributed by atoms with Gasteiger partial charge in [-0.15, -0.1) is 0 Å². The summed E-state index contributed by atoms with van der Waals surface area (Å²) >= 11 is 0. The quantitative estimate of drug-likeness (QED) is 0.596. The first-order valence-electron chi connectivity index (χ1n) is 9.87. The zero-order valence-corrected chi connectivity index (χ0v) is 17.0. The average molecular weight is 374 g/mol. The van der Waals surface area contributed by atoms with Gasteiger partial charge in [0.25, 0.3) is 0 Å². The van der Waals surface area contributed by atoms with Crippen LogP contribution in [0.25, 0.3) is 0 Å². The summed E-state index contributed by atoms with van der Waals surface area (Å²) in [5.41, 5.74) is 0.161. The standard InChI is InChI=1S/C22H30O5/c1-11(2)12-10-13-14(16(24)15(12)23)22-9-7-8-20(3,4)18(22)21(5,26-6)17(13)27-19(22)25/h10-11,17-18,23-24H,7-9H2,1-6H3/t17-,18-,21-,22+/m1/s1. The highest BCUT2D eigenvalue weighted by Gasteiger charge is 2.73. The van der Waals surface area contributed by atoms with Gasteiger partial charge in [-0.1, -0.05) is 34.1 Å². The van der Waals surface area contributed by atoms with Gasteiger partial charge in [-0.25, -0.2) is 0 Å². The van der Waals surface area contributed by atoms with Gasteiger partial charge in [0.15, 0.2) is 17.6 Å². The molecule has 2 heterocycles. The first-order chi connectivity index (χ1) is 12.5. The molecular weight excluding hydrogens is 344 g/mol. The van der Waals surface area contributed by atoms with Crippen LogP contribution in [0.15, 0.2) is 6.07 Å². The maximum absolute atomic E-state index is 13.3. The van der Waals surface area contributed by atoms with Gasteiger partial charge in [-0.3, -0.25) is 4.79 Å². The molecule has 2 aliphatic carbocycles. The van der Waals surface area contributed by atoms with Gasteiger partial charge in [0.1, 0.15) is 11.0 Å². The van der Waals surface area contributed by atoms with E-state index in [1.807, 2.05) is 26.8 Å². The summed E-state index contributed by atoms with van der Waals surface area (Å²) < 4.78 is 12.0. The number of phenolic OH excluding ortho intramolecular Hbond substituents is 2. The fourth-order valence-corrected chi connectivity index (χ4v) is 6.53. The third kappa shape index (κ3) is 2.01. The lowest BCUT2D eigenvalue weighted by atomic mass is 9.43. The van der Waals surface area contributed by atoms with Crippen LogP contribution >= 0.6 is 0 Å². The smallest absolute Gasteiger partial charge is 0.317 e. The molecule has 2 fully saturated rings. The maximum Gasteiger partial charge on any atom is 0.317 e. The van der Waals surface area contributed by atoms with Gasteiger partial charge in [0.05, 0.1) is 0 Å². The summed E-state index contributed by atoms with van der Waals surface area (Å²) in [4.78, 5) is 13.3. The largest absolute Gasteiger partial charge is 0.504 e. The van der Waals surface area contributed by atoms with E-state index in [1.54, 1.807) is 7.11 Å². The van der Waals surface area contributed by atoms with E-state index in [0.29, 0.717) is 17.5 Å². The van der Waals surface area contributed by atoms with Crippen molar-refractivity contribution in [2.45, 2.75) is 76.9 Å². The summed E-state index contributed by atoms with van der Waals surface area (Å²) in [6, 6.07) is 1.91. The summed E-state index contributed by atoms with van der Waals surface area (Å²) in [5.74, 6) is -0.676. The van der Waals surface area contributed by atoms with Crippen LogP contribution in [-0.4, -0.2) is 28.9 Å². The number of esters is 1. The Morgan fingerprint density at radius 3 is 2.44 bits per heavy atom. The minimum Gasteiger partial charge on any atom is -0.504 e. The van der Waals surface area contributed by atoms with Gasteiger partial charge in [0, 0.05) is 29.7 Å². The Balaban J connectivity index is 2.12. The summed E-state index contributed by atoms with van der Waals surface area (Å²) in [6.07, 6.45) is 1.82. The molecule has 1 saturated carbocycles. The number of hydrogen-bond acceptors (Lipinski definition) is 5. The fraction of sp³-hybridized carbons (Fsp3) is 0.682. The van der Waals surface area contributed by atoms with E-state index in [0.717, 1.165) is 18.4 Å². The highest BCUT2D eigenvalue weighted by Crippen LogP contribution is 2.70. The van der Waals surface area contributed by atoms with Crippen LogP contribution in [0.2, 0.25) is 0 Å². The monoisotopic (exact) mass is 374 g/mol. The lowest BCUT2D eigenvalue weighted by Crippen LogP contribution is -2.70. The molecule has 1 aromatic carbocycles. The van der Waals surface area contributed by atoms with E-state index >= 15 is 0 Å². The first kappa shape index (κ1) is 18.6. The molecule has 4 aliphatic rings. The normalized spacial score (nSPS) is 36.3. The molecule has 0 amide bonds. The Morgan fingerprint density at radius 1 is 1.19 bits per heavy atom. The van der Waals surface area contributed by atoms with Crippen LogP contribution in [0.1, 0.15) is 82.6 Å². The lowest BCUT2D eigenvalue weighted by molar-refractivity contribution is -0.253. The van der Waals surface area contributed by atoms with Crippen molar-refractivity contribution in [3.8, 4) is 11.5 Å². The zero-order chi connectivity index (χ0) is 19.9. The molecule has 5 rings (SSSR count). The van der Waals surface area contributed by atoms with Crippen LogP contribution in [0.5, 0.6) is 11.5 Å². The maximum atomic E-state index is 13.3. The lowest BCUT2D eigenvalue weighted by Gasteiger charge is -2.65. The van der Waals surface area contributed by atoms with E-state index in [2.05, 4.69) is 13.8 Å². The topological polar surface area (TPSA) is 76.0 Å². The van der Waals surface area contributed by atoms with Crippen molar-refractivity contribution >= 4 is 5.97 Å². The molecular formula is C22H30O5. The molecule has 27 heavy (non-hydrogen) atoms. The third-order valence-electron chi connectivity index (χ3n) is 7.47. The highest BCUT2D eigenvalue weighted by atomic mass is 16.6. The Hall–Kier alpha value is -1.75. The predicted octanol–water partition coefficient (Wildman–Crippen LogP) is 4.30. The molecule has 0 unspecified atom stereocenters. The SMILES string of the molecule is CO[C@]1(C)[C@@H]2OC(=O)[C@@]3(CCCC(C)(C)[C@H]13)c1c2cc(C(C)C)c(O)c1O. The number of phenols is 2. The second-order valence-corrected chi connectivity index (χ2v) is 9.70. The minimum absolute atomic E-state index is 0.0299. The number of rotatable bonds is 2. The summed E-state index contributed by atoms with van der Waals surface area (Å²) in [5, 5.41) is 21.8. The molecule has 4 atom stereocenters. The molecule has 2 bridgehead atoms. The van der Waals surface area contributed by atoms with Crippen LogP contribution in [-0.2, 0) is 19.7 Å². The van der Waals surface area contributed by atoms with E-state index in [-0.39, 0.29) is 34.7 Å². The van der Waals surface area contributed by atoms with Gasteiger partial charge in [-0.05, 0) is 37.2 Å². The predicted molar refractivity (Wildman–Crippen MR) is 101 cm³/mol. The van der Waals surface area contributed by atoms with Gasteiger partial charge < -0.3 is 19.7 Å². The Morgan fingerprint density at radius 2 is 1.85 bits per heavy atom. The number of ether oxygens (including phenoxy) is 2. The Kier molecular flexibility index (Phi) is 3.72. The Bertz CT molecular complexity index is 826. The fourth-order valence-electron chi connectivity index (χ4n) is 6.53. The van der Waals surface area contributed by atoms with Crippen molar-refractivity contribution in [1.82, 2.24) is 0 Å². The average Bonchev–Trinajstić information content (AvgIpc) is 2.58. The van der Waals surface area contributed by atoms with Gasteiger partial charge in [0.2, 0.25) is 0 Å². The molecule has 0 aromatic heterocycles. The molecule has 148 valence electrons. The minimum atomic E-state index is -0.992. The van der Waals surface area contributed by atoms with Crippen LogP contribution in [0.3, 0.4) is 0 Å². The van der Waals surface area contributed by atoms with Crippen molar-refractivity contribution in [2.75, 3.05) is 7.11 Å². The first-order valence-corrected chi connectivity index (χ1v) is 9.87. The van der Waals surface area contributed by atoms with Crippen molar-refractivity contribution in [1.29, 1.82) is 0 Å². The van der Waals surface area contributed by atoms with Crippen LogP contribution < -0.4 is 0 Å².